The van der Waals surface area contributed by atoms with Crippen molar-refractivity contribution in [1.82, 2.24) is 24.2 Å². The van der Waals surface area contributed by atoms with E-state index < -0.39 is 10.0 Å². The molecular formula is C23H29N7O5S. The first kappa shape index (κ1) is 24.6. The highest BCUT2D eigenvalue weighted by Gasteiger charge is 2.25. The van der Waals surface area contributed by atoms with Crippen molar-refractivity contribution in [1.29, 1.82) is 0 Å². The maximum atomic E-state index is 11.8. The van der Waals surface area contributed by atoms with Crippen molar-refractivity contribution in [3.63, 3.8) is 0 Å². The first-order chi connectivity index (χ1) is 17.3. The number of hydrogen-bond donors (Lipinski definition) is 1. The van der Waals surface area contributed by atoms with Crippen LogP contribution in [0, 0.1) is 0 Å². The summed E-state index contributed by atoms with van der Waals surface area (Å²) in [5.41, 5.74) is 2.03. The lowest BCUT2D eigenvalue weighted by atomic mass is 10.2. The number of amides is 1. The molecule has 3 aromatic rings. The van der Waals surface area contributed by atoms with E-state index in [-0.39, 0.29) is 5.91 Å². The van der Waals surface area contributed by atoms with Crippen LogP contribution in [0.2, 0.25) is 0 Å². The van der Waals surface area contributed by atoms with Gasteiger partial charge in [0.15, 0.2) is 17.2 Å². The summed E-state index contributed by atoms with van der Waals surface area (Å²) in [7, 11) is -3.18. The molecule has 0 spiro atoms. The number of ether oxygens (including phenoxy) is 1. The Morgan fingerprint density at radius 2 is 1.83 bits per heavy atom. The maximum Gasteiger partial charge on any atom is 0.222 e. The van der Waals surface area contributed by atoms with E-state index in [1.54, 1.807) is 12.3 Å². The summed E-state index contributed by atoms with van der Waals surface area (Å²) < 4.78 is 36.9. The average molecular weight is 516 g/mol. The van der Waals surface area contributed by atoms with Crippen LogP contribution in [0.25, 0.3) is 22.5 Å². The Morgan fingerprint density at radius 1 is 1.08 bits per heavy atom. The van der Waals surface area contributed by atoms with Crippen molar-refractivity contribution < 1.29 is 22.4 Å². The molecule has 192 valence electrons. The molecule has 13 heteroatoms. The molecule has 0 aromatic carbocycles. The molecule has 12 nitrogen and oxygen atoms in total. The second kappa shape index (κ2) is 10.1. The standard InChI is InChI=1S/C23H29N7O5S/c1-16(31)25-20-4-3-17(14-24-20)22-26-19-13-18(15-28-5-7-30(8-6-28)36(2,32)33)35-21(19)23(27-22)29-9-11-34-12-10-29/h3-4,13-14H,5-12,15H2,1-2H3,(H,24,25,31). The van der Waals surface area contributed by atoms with Crippen molar-refractivity contribution in [2.45, 2.75) is 13.5 Å². The quantitative estimate of drug-likeness (QED) is 0.510. The topological polar surface area (TPSA) is 134 Å². The van der Waals surface area contributed by atoms with Gasteiger partial charge in [0, 0.05) is 64.0 Å². The first-order valence-electron chi connectivity index (χ1n) is 11.8. The Balaban J connectivity index is 1.43. The van der Waals surface area contributed by atoms with Gasteiger partial charge in [-0.25, -0.2) is 23.4 Å². The van der Waals surface area contributed by atoms with E-state index >= 15 is 0 Å². The predicted octanol–water partition coefficient (Wildman–Crippen LogP) is 1.16. The van der Waals surface area contributed by atoms with Crippen molar-refractivity contribution in [2.75, 3.05) is 69.0 Å². The van der Waals surface area contributed by atoms with Gasteiger partial charge in [-0.1, -0.05) is 0 Å². The molecular weight excluding hydrogens is 486 g/mol. The third kappa shape index (κ3) is 5.48. The van der Waals surface area contributed by atoms with Crippen molar-refractivity contribution in [3.8, 4) is 11.4 Å². The van der Waals surface area contributed by atoms with Gasteiger partial charge >= 0.3 is 0 Å². The van der Waals surface area contributed by atoms with Crippen LogP contribution in [-0.2, 0) is 26.1 Å². The lowest BCUT2D eigenvalue weighted by Gasteiger charge is -2.32. The molecule has 2 aliphatic rings. The van der Waals surface area contributed by atoms with Gasteiger partial charge in [0.05, 0.1) is 26.0 Å². The van der Waals surface area contributed by atoms with Gasteiger partial charge in [-0.15, -0.1) is 0 Å². The molecule has 0 atom stereocenters. The number of piperazine rings is 1. The number of anilines is 2. The fraction of sp³-hybridized carbons (Fsp3) is 0.478. The second-order valence-corrected chi connectivity index (χ2v) is 10.9. The predicted molar refractivity (Wildman–Crippen MR) is 134 cm³/mol. The minimum atomic E-state index is -3.18. The molecule has 2 fully saturated rings. The number of nitrogens with zero attached hydrogens (tertiary/aromatic N) is 6. The van der Waals surface area contributed by atoms with Gasteiger partial charge in [0.1, 0.15) is 17.1 Å². The number of aromatic nitrogens is 3. The Labute approximate surface area is 209 Å². The van der Waals surface area contributed by atoms with Crippen LogP contribution in [-0.4, -0.2) is 97.2 Å². The number of morpholine rings is 1. The van der Waals surface area contributed by atoms with E-state index in [0.29, 0.717) is 87.6 Å². The molecule has 0 radical (unpaired) electrons. The number of carbonyl (C=O) groups is 1. The molecule has 0 unspecified atom stereocenters. The van der Waals surface area contributed by atoms with Gasteiger partial charge in [0.25, 0.3) is 0 Å². The number of rotatable bonds is 6. The Morgan fingerprint density at radius 3 is 2.47 bits per heavy atom. The molecule has 3 aromatic heterocycles. The maximum absolute atomic E-state index is 11.8. The highest BCUT2D eigenvalue weighted by molar-refractivity contribution is 7.88. The summed E-state index contributed by atoms with van der Waals surface area (Å²) in [5, 5.41) is 2.66. The summed E-state index contributed by atoms with van der Waals surface area (Å²) in [6, 6.07) is 5.47. The average Bonchev–Trinajstić information content (AvgIpc) is 3.26. The lowest BCUT2D eigenvalue weighted by Crippen LogP contribution is -2.47. The van der Waals surface area contributed by atoms with E-state index in [4.69, 9.17) is 19.1 Å². The minimum absolute atomic E-state index is 0.189. The molecule has 0 aliphatic carbocycles. The zero-order valence-corrected chi connectivity index (χ0v) is 21.1. The molecule has 2 saturated heterocycles. The zero-order valence-electron chi connectivity index (χ0n) is 20.3. The number of hydrogen-bond acceptors (Lipinski definition) is 10. The monoisotopic (exact) mass is 515 g/mol. The number of sulfonamides is 1. The number of nitrogens with one attached hydrogen (secondary N) is 1. The van der Waals surface area contributed by atoms with Gasteiger partial charge in [-0.2, -0.15) is 4.31 Å². The molecule has 0 saturated carbocycles. The smallest absolute Gasteiger partial charge is 0.222 e. The van der Waals surface area contributed by atoms with Crippen LogP contribution < -0.4 is 10.2 Å². The zero-order chi connectivity index (χ0) is 25.3. The number of furan rings is 1. The van der Waals surface area contributed by atoms with Crippen molar-refractivity contribution >= 4 is 38.7 Å². The Kier molecular flexibility index (Phi) is 6.88. The van der Waals surface area contributed by atoms with E-state index in [1.165, 1.54) is 17.5 Å². The van der Waals surface area contributed by atoms with E-state index in [2.05, 4.69) is 20.1 Å². The van der Waals surface area contributed by atoms with Gasteiger partial charge in [-0.05, 0) is 12.1 Å². The van der Waals surface area contributed by atoms with Gasteiger partial charge in [0.2, 0.25) is 15.9 Å². The highest BCUT2D eigenvalue weighted by atomic mass is 32.2. The van der Waals surface area contributed by atoms with Gasteiger partial charge in [-0.3, -0.25) is 9.69 Å². The highest BCUT2D eigenvalue weighted by Crippen LogP contribution is 2.31. The summed E-state index contributed by atoms with van der Waals surface area (Å²) in [6.45, 7) is 6.75. The molecule has 1 amide bonds. The molecule has 1 N–H and O–H groups in total. The van der Waals surface area contributed by atoms with Crippen LogP contribution in [0.15, 0.2) is 28.8 Å². The van der Waals surface area contributed by atoms with Crippen LogP contribution in [0.5, 0.6) is 0 Å². The fourth-order valence-corrected chi connectivity index (χ4v) is 5.21. The summed E-state index contributed by atoms with van der Waals surface area (Å²) in [5.74, 6) is 2.24. The normalized spacial score (nSPS) is 18.0. The SMILES string of the molecule is CC(=O)Nc1ccc(-c2nc(N3CCOCC3)c3oc(CN4CCN(S(C)(=O)=O)CC4)cc3n2)cn1. The second-order valence-electron chi connectivity index (χ2n) is 8.95. The van der Waals surface area contributed by atoms with Crippen LogP contribution >= 0.6 is 0 Å². The van der Waals surface area contributed by atoms with E-state index in [9.17, 15) is 13.2 Å². The van der Waals surface area contributed by atoms with E-state index in [0.717, 1.165) is 11.3 Å². The summed E-state index contributed by atoms with van der Waals surface area (Å²) in [6.07, 6.45) is 2.88. The molecule has 2 aliphatic heterocycles. The molecule has 0 bridgehead atoms. The number of fused-ring (bicyclic) bond motifs is 1. The fourth-order valence-electron chi connectivity index (χ4n) is 4.38. The van der Waals surface area contributed by atoms with E-state index in [1.807, 2.05) is 12.1 Å². The number of carbonyl (C=O) groups excluding carboxylic acids is 1. The van der Waals surface area contributed by atoms with Crippen LogP contribution in [0.4, 0.5) is 11.6 Å². The third-order valence-corrected chi connectivity index (χ3v) is 7.52. The number of pyridine rings is 1. The largest absolute Gasteiger partial charge is 0.454 e. The first-order valence-corrected chi connectivity index (χ1v) is 13.7. The molecule has 5 rings (SSSR count). The summed E-state index contributed by atoms with van der Waals surface area (Å²) in [4.78, 5) is 29.5. The Bertz CT molecular complexity index is 1350. The van der Waals surface area contributed by atoms with Crippen molar-refractivity contribution in [3.05, 3.63) is 30.2 Å². The minimum Gasteiger partial charge on any atom is -0.454 e. The molecule has 5 heterocycles. The third-order valence-electron chi connectivity index (χ3n) is 6.22. The summed E-state index contributed by atoms with van der Waals surface area (Å²) >= 11 is 0. The van der Waals surface area contributed by atoms with Gasteiger partial charge < -0.3 is 19.4 Å². The Hall–Kier alpha value is -3.13. The van der Waals surface area contributed by atoms with Crippen LogP contribution in [0.3, 0.4) is 0 Å². The molecule has 36 heavy (non-hydrogen) atoms. The lowest BCUT2D eigenvalue weighted by molar-refractivity contribution is -0.114. The van der Waals surface area contributed by atoms with Crippen LogP contribution in [0.1, 0.15) is 12.7 Å². The van der Waals surface area contributed by atoms with Crippen molar-refractivity contribution in [2.24, 2.45) is 0 Å².